The molecule has 1 aromatic carbocycles. The molecule has 0 aliphatic heterocycles. The van der Waals surface area contributed by atoms with Crippen LogP contribution in [0.2, 0.25) is 0 Å². The van der Waals surface area contributed by atoms with E-state index in [0.29, 0.717) is 23.7 Å². The molecule has 0 radical (unpaired) electrons. The maximum absolute atomic E-state index is 11.8. The Bertz CT molecular complexity index is 467. The van der Waals surface area contributed by atoms with Crippen molar-refractivity contribution >= 4 is 17.5 Å². The van der Waals surface area contributed by atoms with Crippen molar-refractivity contribution in [2.75, 3.05) is 26.0 Å². The molecule has 0 bridgehead atoms. The largest absolute Gasteiger partial charge is 0.345 e. The first kappa shape index (κ1) is 17.2. The second-order valence-electron chi connectivity index (χ2n) is 5.54. The van der Waals surface area contributed by atoms with Gasteiger partial charge in [0.2, 0.25) is 5.91 Å². The molecule has 21 heavy (non-hydrogen) atoms. The topological polar surface area (TPSA) is 61.4 Å². The van der Waals surface area contributed by atoms with E-state index in [-0.39, 0.29) is 11.8 Å². The summed E-state index contributed by atoms with van der Waals surface area (Å²) in [5, 5.41) is 6.11. The van der Waals surface area contributed by atoms with Gasteiger partial charge in [-0.05, 0) is 37.2 Å². The lowest BCUT2D eigenvalue weighted by Crippen LogP contribution is -2.24. The summed E-state index contributed by atoms with van der Waals surface area (Å²) in [6.07, 6.45) is 1.29. The van der Waals surface area contributed by atoms with Gasteiger partial charge in [0, 0.05) is 37.8 Å². The van der Waals surface area contributed by atoms with Crippen molar-refractivity contribution in [1.29, 1.82) is 0 Å². The number of amides is 2. The molecule has 0 fully saturated rings. The number of anilines is 1. The number of nitrogens with one attached hydrogen (secondary N) is 2. The summed E-state index contributed by atoms with van der Waals surface area (Å²) in [5.74, 6) is -0.0557. The van der Waals surface area contributed by atoms with Gasteiger partial charge in [-0.2, -0.15) is 0 Å². The van der Waals surface area contributed by atoms with Crippen molar-refractivity contribution in [1.82, 2.24) is 10.2 Å². The Kier molecular flexibility index (Phi) is 6.88. The smallest absolute Gasteiger partial charge is 0.253 e. The molecule has 0 atom stereocenters. The average molecular weight is 291 g/mol. The first-order valence-corrected chi connectivity index (χ1v) is 7.25. The zero-order valence-corrected chi connectivity index (χ0v) is 13.3. The predicted molar refractivity (Wildman–Crippen MR) is 85.5 cm³/mol. The second kappa shape index (κ2) is 8.42. The summed E-state index contributed by atoms with van der Waals surface area (Å²) in [6, 6.07) is 7.38. The summed E-state index contributed by atoms with van der Waals surface area (Å²) in [5.41, 5.74) is 1.33. The molecule has 0 aliphatic carbocycles. The third-order valence-electron chi connectivity index (χ3n) is 2.95. The van der Waals surface area contributed by atoms with Crippen LogP contribution in [0.15, 0.2) is 24.3 Å². The Balaban J connectivity index is 2.41. The number of rotatable bonds is 7. The van der Waals surface area contributed by atoms with Crippen LogP contribution in [0.5, 0.6) is 0 Å². The highest BCUT2D eigenvalue weighted by Crippen LogP contribution is 2.11. The van der Waals surface area contributed by atoms with Crippen molar-refractivity contribution in [2.45, 2.75) is 32.7 Å². The van der Waals surface area contributed by atoms with E-state index in [1.54, 1.807) is 38.4 Å². The van der Waals surface area contributed by atoms with Gasteiger partial charge < -0.3 is 15.5 Å². The molecule has 0 heterocycles. The molecular weight excluding hydrogens is 266 g/mol. The third-order valence-corrected chi connectivity index (χ3v) is 2.95. The minimum absolute atomic E-state index is 0.00718. The van der Waals surface area contributed by atoms with Gasteiger partial charge in [0.05, 0.1) is 0 Å². The van der Waals surface area contributed by atoms with Crippen LogP contribution >= 0.6 is 0 Å². The van der Waals surface area contributed by atoms with E-state index in [2.05, 4.69) is 24.5 Å². The van der Waals surface area contributed by atoms with Gasteiger partial charge in [-0.1, -0.05) is 13.8 Å². The summed E-state index contributed by atoms with van der Waals surface area (Å²) >= 11 is 0. The third kappa shape index (κ3) is 6.40. The van der Waals surface area contributed by atoms with E-state index in [1.165, 1.54) is 4.90 Å². The minimum Gasteiger partial charge on any atom is -0.345 e. The van der Waals surface area contributed by atoms with Gasteiger partial charge in [0.1, 0.15) is 0 Å². The lowest BCUT2D eigenvalue weighted by Gasteiger charge is -2.11. The van der Waals surface area contributed by atoms with Gasteiger partial charge in [-0.15, -0.1) is 0 Å². The zero-order chi connectivity index (χ0) is 15.8. The van der Waals surface area contributed by atoms with Crippen molar-refractivity contribution in [2.24, 2.45) is 0 Å². The number of nitrogens with zero attached hydrogens (tertiary/aromatic N) is 1. The molecule has 0 saturated heterocycles. The fourth-order valence-electron chi connectivity index (χ4n) is 1.82. The molecule has 0 spiro atoms. The van der Waals surface area contributed by atoms with Crippen LogP contribution < -0.4 is 10.6 Å². The maximum atomic E-state index is 11.8. The minimum atomic E-state index is -0.0485. The van der Waals surface area contributed by atoms with Gasteiger partial charge in [-0.3, -0.25) is 9.59 Å². The molecule has 0 aromatic heterocycles. The predicted octanol–water partition coefficient (Wildman–Crippen LogP) is 2.11. The molecule has 1 aromatic rings. The van der Waals surface area contributed by atoms with Crippen molar-refractivity contribution in [3.8, 4) is 0 Å². The average Bonchev–Trinajstić information content (AvgIpc) is 2.43. The van der Waals surface area contributed by atoms with E-state index in [0.717, 1.165) is 13.0 Å². The van der Waals surface area contributed by atoms with Crippen molar-refractivity contribution in [3.05, 3.63) is 29.8 Å². The number of carbonyl (C=O) groups excluding carboxylic acids is 2. The molecule has 0 unspecified atom stereocenters. The first-order valence-electron chi connectivity index (χ1n) is 7.25. The summed E-state index contributed by atoms with van der Waals surface area (Å²) in [7, 11) is 3.42. The molecule has 5 heteroatoms. The highest BCUT2D eigenvalue weighted by atomic mass is 16.2. The lowest BCUT2D eigenvalue weighted by molar-refractivity contribution is -0.116. The Labute approximate surface area is 126 Å². The van der Waals surface area contributed by atoms with E-state index >= 15 is 0 Å². The summed E-state index contributed by atoms with van der Waals surface area (Å²) in [6.45, 7) is 4.99. The van der Waals surface area contributed by atoms with Crippen molar-refractivity contribution in [3.63, 3.8) is 0 Å². The Morgan fingerprint density at radius 1 is 1.14 bits per heavy atom. The molecule has 5 nitrogen and oxygen atoms in total. The quantitative estimate of drug-likeness (QED) is 0.756. The maximum Gasteiger partial charge on any atom is 0.253 e. The fraction of sp³-hybridized carbons (Fsp3) is 0.500. The van der Waals surface area contributed by atoms with E-state index in [4.69, 9.17) is 0 Å². The van der Waals surface area contributed by atoms with Gasteiger partial charge >= 0.3 is 0 Å². The van der Waals surface area contributed by atoms with Gasteiger partial charge in [0.25, 0.3) is 5.91 Å². The van der Waals surface area contributed by atoms with E-state index in [9.17, 15) is 9.59 Å². The SMILES string of the molecule is CC(C)NCCCC(=O)Nc1ccc(C(=O)N(C)C)cc1. The number of benzene rings is 1. The molecule has 2 amide bonds. The van der Waals surface area contributed by atoms with Gasteiger partial charge in [0.15, 0.2) is 0 Å². The standard InChI is InChI=1S/C16H25N3O2/c1-12(2)17-11-5-6-15(20)18-14-9-7-13(8-10-14)16(21)19(3)4/h7-10,12,17H,5-6,11H2,1-4H3,(H,18,20). The molecular formula is C16H25N3O2. The lowest BCUT2D eigenvalue weighted by atomic mass is 10.2. The molecule has 0 aliphatic rings. The van der Waals surface area contributed by atoms with Crippen LogP contribution in [-0.4, -0.2) is 43.4 Å². The van der Waals surface area contributed by atoms with Crippen LogP contribution in [0.25, 0.3) is 0 Å². The number of hydrogen-bond acceptors (Lipinski definition) is 3. The van der Waals surface area contributed by atoms with Gasteiger partial charge in [-0.25, -0.2) is 0 Å². The zero-order valence-electron chi connectivity index (χ0n) is 13.3. The summed E-state index contributed by atoms with van der Waals surface area (Å²) < 4.78 is 0. The van der Waals surface area contributed by atoms with Crippen molar-refractivity contribution < 1.29 is 9.59 Å². The number of carbonyl (C=O) groups is 2. The van der Waals surface area contributed by atoms with Crippen LogP contribution in [0.3, 0.4) is 0 Å². The molecule has 1 rings (SSSR count). The fourth-order valence-corrected chi connectivity index (χ4v) is 1.82. The Hall–Kier alpha value is -1.88. The monoisotopic (exact) mass is 291 g/mol. The Morgan fingerprint density at radius 3 is 2.29 bits per heavy atom. The van der Waals surface area contributed by atoms with Crippen LogP contribution in [0.4, 0.5) is 5.69 Å². The number of hydrogen-bond donors (Lipinski definition) is 2. The van der Waals surface area contributed by atoms with Crippen LogP contribution in [0.1, 0.15) is 37.0 Å². The molecule has 0 saturated carbocycles. The first-order chi connectivity index (χ1) is 9.90. The highest BCUT2D eigenvalue weighted by molar-refractivity contribution is 5.95. The van der Waals surface area contributed by atoms with E-state index < -0.39 is 0 Å². The summed E-state index contributed by atoms with van der Waals surface area (Å²) in [4.78, 5) is 25.0. The Morgan fingerprint density at radius 2 is 1.76 bits per heavy atom. The second-order valence-corrected chi connectivity index (χ2v) is 5.54. The van der Waals surface area contributed by atoms with E-state index in [1.807, 2.05) is 0 Å². The van der Waals surface area contributed by atoms with Crippen LogP contribution in [-0.2, 0) is 4.79 Å². The molecule has 2 N–H and O–H groups in total. The normalized spacial score (nSPS) is 10.5. The molecule has 116 valence electrons. The van der Waals surface area contributed by atoms with Crippen LogP contribution in [0, 0.1) is 0 Å². The highest BCUT2D eigenvalue weighted by Gasteiger charge is 2.08.